The number of aliphatic hydroxyl groups is 1. The largest absolute Gasteiger partial charge is 0.387 e. The summed E-state index contributed by atoms with van der Waals surface area (Å²) >= 11 is 0. The molecule has 1 rings (SSSR count). The van der Waals surface area contributed by atoms with Gasteiger partial charge >= 0.3 is 6.03 Å². The maximum atomic E-state index is 11.4. The Bertz CT molecular complexity index is 396. The molecule has 1 aromatic rings. The Labute approximate surface area is 114 Å². The van der Waals surface area contributed by atoms with E-state index in [1.807, 2.05) is 38.1 Å². The molecule has 5 heteroatoms. The first-order valence-electron chi connectivity index (χ1n) is 6.48. The van der Waals surface area contributed by atoms with E-state index in [2.05, 4.69) is 10.6 Å². The second kappa shape index (κ2) is 8.50. The van der Waals surface area contributed by atoms with Crippen LogP contribution in [0.4, 0.5) is 4.79 Å². The van der Waals surface area contributed by atoms with Gasteiger partial charge in [-0.3, -0.25) is 0 Å². The van der Waals surface area contributed by atoms with Crippen LogP contribution >= 0.6 is 0 Å². The molecular weight excluding hydrogens is 244 g/mol. The molecule has 1 aromatic carbocycles. The lowest BCUT2D eigenvalue weighted by atomic mass is 10.0. The summed E-state index contributed by atoms with van der Waals surface area (Å²) in [5.41, 5.74) is 1.84. The fourth-order valence-corrected chi connectivity index (χ4v) is 1.70. The van der Waals surface area contributed by atoms with Crippen LogP contribution in [0.15, 0.2) is 24.3 Å². The van der Waals surface area contributed by atoms with Crippen LogP contribution in [0, 0.1) is 6.92 Å². The van der Waals surface area contributed by atoms with Crippen molar-refractivity contribution >= 4 is 6.03 Å². The van der Waals surface area contributed by atoms with E-state index in [1.165, 1.54) is 0 Å². The molecule has 1 unspecified atom stereocenters. The maximum Gasteiger partial charge on any atom is 0.314 e. The van der Waals surface area contributed by atoms with Gasteiger partial charge in [-0.2, -0.15) is 0 Å². The van der Waals surface area contributed by atoms with E-state index in [4.69, 9.17) is 4.74 Å². The van der Waals surface area contributed by atoms with Crippen molar-refractivity contribution < 1.29 is 14.6 Å². The van der Waals surface area contributed by atoms with Gasteiger partial charge in [-0.25, -0.2) is 4.79 Å². The summed E-state index contributed by atoms with van der Waals surface area (Å²) in [5.74, 6) is 0. The summed E-state index contributed by atoms with van der Waals surface area (Å²) in [6, 6.07) is 7.27. The summed E-state index contributed by atoms with van der Waals surface area (Å²) in [6.07, 6.45) is -0.696. The van der Waals surface area contributed by atoms with Crippen molar-refractivity contribution in [1.82, 2.24) is 10.6 Å². The third-order valence-electron chi connectivity index (χ3n) is 2.74. The highest BCUT2D eigenvalue weighted by Gasteiger charge is 2.10. The van der Waals surface area contributed by atoms with Gasteiger partial charge in [0.05, 0.1) is 12.7 Å². The zero-order valence-corrected chi connectivity index (χ0v) is 11.5. The quantitative estimate of drug-likeness (QED) is 0.653. The van der Waals surface area contributed by atoms with Gasteiger partial charge in [0.25, 0.3) is 0 Å². The van der Waals surface area contributed by atoms with E-state index in [0.29, 0.717) is 19.8 Å². The zero-order valence-electron chi connectivity index (χ0n) is 11.5. The van der Waals surface area contributed by atoms with Gasteiger partial charge in [0.2, 0.25) is 0 Å². The Morgan fingerprint density at radius 3 is 2.79 bits per heavy atom. The van der Waals surface area contributed by atoms with Gasteiger partial charge in [-0.05, 0) is 25.0 Å². The number of aryl methyl sites for hydroxylation is 1. The molecule has 0 fully saturated rings. The molecule has 0 spiro atoms. The highest BCUT2D eigenvalue weighted by molar-refractivity contribution is 5.73. The normalized spacial score (nSPS) is 11.9. The van der Waals surface area contributed by atoms with Gasteiger partial charge < -0.3 is 20.5 Å². The summed E-state index contributed by atoms with van der Waals surface area (Å²) in [4.78, 5) is 11.4. The lowest BCUT2D eigenvalue weighted by molar-refractivity contribution is 0.148. The number of aliphatic hydroxyl groups excluding tert-OH is 1. The third-order valence-corrected chi connectivity index (χ3v) is 2.74. The summed E-state index contributed by atoms with van der Waals surface area (Å²) in [5, 5.41) is 15.3. The number of nitrogens with one attached hydrogen (secondary N) is 2. The van der Waals surface area contributed by atoms with E-state index in [9.17, 15) is 9.90 Å². The number of amides is 2. The fraction of sp³-hybridized carbons (Fsp3) is 0.500. The SMILES string of the molecule is CCOCCNC(=O)NCC(O)c1ccccc1C. The standard InChI is InChI=1S/C14H22N2O3/c1-3-19-9-8-15-14(18)16-10-13(17)12-7-5-4-6-11(12)2/h4-7,13,17H,3,8-10H2,1-2H3,(H2,15,16,18). The Kier molecular flexibility index (Phi) is 6.92. The molecule has 0 aromatic heterocycles. The first-order chi connectivity index (χ1) is 9.15. The number of hydrogen-bond donors (Lipinski definition) is 3. The van der Waals surface area contributed by atoms with E-state index < -0.39 is 6.10 Å². The van der Waals surface area contributed by atoms with Gasteiger partial charge in [-0.1, -0.05) is 24.3 Å². The molecular formula is C14H22N2O3. The van der Waals surface area contributed by atoms with Gasteiger partial charge in [-0.15, -0.1) is 0 Å². The van der Waals surface area contributed by atoms with Crippen LogP contribution in [-0.4, -0.2) is 37.4 Å². The van der Waals surface area contributed by atoms with Crippen molar-refractivity contribution in [1.29, 1.82) is 0 Å². The average molecular weight is 266 g/mol. The molecule has 0 heterocycles. The van der Waals surface area contributed by atoms with E-state index in [-0.39, 0.29) is 12.6 Å². The van der Waals surface area contributed by atoms with Crippen molar-refractivity contribution in [3.05, 3.63) is 35.4 Å². The fourth-order valence-electron chi connectivity index (χ4n) is 1.70. The number of benzene rings is 1. The van der Waals surface area contributed by atoms with Gasteiger partial charge in [0.1, 0.15) is 0 Å². The minimum absolute atomic E-state index is 0.186. The van der Waals surface area contributed by atoms with Crippen LogP contribution in [0.1, 0.15) is 24.2 Å². The highest BCUT2D eigenvalue weighted by Crippen LogP contribution is 2.15. The van der Waals surface area contributed by atoms with Crippen molar-refractivity contribution in [2.45, 2.75) is 20.0 Å². The van der Waals surface area contributed by atoms with Crippen LogP contribution in [-0.2, 0) is 4.74 Å². The molecule has 3 N–H and O–H groups in total. The maximum absolute atomic E-state index is 11.4. The molecule has 0 aliphatic carbocycles. The molecule has 0 saturated heterocycles. The predicted molar refractivity (Wildman–Crippen MR) is 74.0 cm³/mol. The van der Waals surface area contributed by atoms with Gasteiger partial charge in [0.15, 0.2) is 0 Å². The average Bonchev–Trinajstić information content (AvgIpc) is 2.41. The summed E-state index contributed by atoms with van der Waals surface area (Å²) < 4.78 is 5.10. The lowest BCUT2D eigenvalue weighted by Crippen LogP contribution is -2.39. The first-order valence-corrected chi connectivity index (χ1v) is 6.48. The van der Waals surface area contributed by atoms with Crippen LogP contribution in [0.3, 0.4) is 0 Å². The van der Waals surface area contributed by atoms with Crippen LogP contribution < -0.4 is 10.6 Å². The topological polar surface area (TPSA) is 70.6 Å². The molecule has 0 bridgehead atoms. The number of ether oxygens (including phenoxy) is 1. The third kappa shape index (κ3) is 5.72. The van der Waals surface area contributed by atoms with Crippen LogP contribution in [0.25, 0.3) is 0 Å². The highest BCUT2D eigenvalue weighted by atomic mass is 16.5. The molecule has 2 amide bonds. The summed E-state index contributed by atoms with van der Waals surface area (Å²) in [6.45, 7) is 5.60. The van der Waals surface area contributed by atoms with E-state index >= 15 is 0 Å². The Balaban J connectivity index is 2.28. The number of urea groups is 1. The number of rotatable bonds is 7. The Hall–Kier alpha value is -1.59. The molecule has 19 heavy (non-hydrogen) atoms. The second-order valence-corrected chi connectivity index (χ2v) is 4.21. The van der Waals surface area contributed by atoms with Gasteiger partial charge in [0, 0.05) is 19.7 Å². The minimum Gasteiger partial charge on any atom is -0.387 e. The lowest BCUT2D eigenvalue weighted by Gasteiger charge is -2.14. The number of carbonyl (C=O) groups excluding carboxylic acids is 1. The minimum atomic E-state index is -0.696. The smallest absolute Gasteiger partial charge is 0.314 e. The second-order valence-electron chi connectivity index (χ2n) is 4.21. The first kappa shape index (κ1) is 15.5. The van der Waals surface area contributed by atoms with Crippen molar-refractivity contribution in [2.24, 2.45) is 0 Å². The van der Waals surface area contributed by atoms with E-state index in [1.54, 1.807) is 0 Å². The Morgan fingerprint density at radius 1 is 1.37 bits per heavy atom. The number of hydrogen-bond acceptors (Lipinski definition) is 3. The zero-order chi connectivity index (χ0) is 14.1. The monoisotopic (exact) mass is 266 g/mol. The number of carbonyl (C=O) groups is 1. The molecule has 0 saturated carbocycles. The molecule has 1 atom stereocenters. The molecule has 0 aliphatic heterocycles. The van der Waals surface area contributed by atoms with Crippen molar-refractivity contribution in [3.63, 3.8) is 0 Å². The molecule has 106 valence electrons. The van der Waals surface area contributed by atoms with Crippen LogP contribution in [0.2, 0.25) is 0 Å². The van der Waals surface area contributed by atoms with E-state index in [0.717, 1.165) is 11.1 Å². The molecule has 5 nitrogen and oxygen atoms in total. The Morgan fingerprint density at radius 2 is 2.11 bits per heavy atom. The van der Waals surface area contributed by atoms with Crippen molar-refractivity contribution in [2.75, 3.05) is 26.3 Å². The molecule has 0 aliphatic rings. The summed E-state index contributed by atoms with van der Waals surface area (Å²) in [7, 11) is 0. The van der Waals surface area contributed by atoms with Crippen LogP contribution in [0.5, 0.6) is 0 Å². The predicted octanol–water partition coefficient (Wildman–Crippen LogP) is 1.36. The van der Waals surface area contributed by atoms with Crippen molar-refractivity contribution in [3.8, 4) is 0 Å². The molecule has 0 radical (unpaired) electrons.